The van der Waals surface area contributed by atoms with Crippen molar-refractivity contribution in [2.45, 2.75) is 34.6 Å². The number of aryl methyl sites for hydroxylation is 2. The minimum atomic E-state index is -0.328. The maximum absolute atomic E-state index is 12.9. The number of ether oxygens (including phenoxy) is 1. The molecule has 1 heterocycles. The Labute approximate surface area is 222 Å². The highest BCUT2D eigenvalue weighted by Crippen LogP contribution is 2.43. The molecule has 0 radical (unpaired) electrons. The second kappa shape index (κ2) is 13.3. The van der Waals surface area contributed by atoms with E-state index < -0.39 is 0 Å². The van der Waals surface area contributed by atoms with E-state index in [9.17, 15) is 4.79 Å². The highest BCUT2D eigenvalue weighted by molar-refractivity contribution is 6.08. The number of esters is 1. The molecule has 0 fully saturated rings. The minimum Gasteiger partial charge on any atom is -0.462 e. The molecule has 2 aliphatic rings. The van der Waals surface area contributed by atoms with Gasteiger partial charge in [-0.05, 0) is 69.5 Å². The van der Waals surface area contributed by atoms with Crippen molar-refractivity contribution in [1.29, 1.82) is 0 Å². The van der Waals surface area contributed by atoms with Crippen molar-refractivity contribution in [2.24, 2.45) is 4.99 Å². The van der Waals surface area contributed by atoms with E-state index in [1.807, 2.05) is 50.2 Å². The lowest BCUT2D eigenvalue weighted by Crippen LogP contribution is -2.10. The molecule has 1 aliphatic heterocycles. The van der Waals surface area contributed by atoms with E-state index in [4.69, 9.17) is 20.2 Å². The normalized spacial score (nSPS) is 10.8. The van der Waals surface area contributed by atoms with Crippen LogP contribution >= 0.6 is 12.4 Å². The summed E-state index contributed by atoms with van der Waals surface area (Å²) in [6, 6.07) is 15.9. The quantitative estimate of drug-likeness (QED) is 0.0921. The molecule has 0 saturated heterocycles. The second-order valence-electron chi connectivity index (χ2n) is 8.14. The van der Waals surface area contributed by atoms with Crippen LogP contribution in [0.3, 0.4) is 0 Å². The molecule has 2 aromatic rings. The number of hydrogen-bond donors (Lipinski definition) is 1. The van der Waals surface area contributed by atoms with Crippen LogP contribution in [0.5, 0.6) is 0 Å². The van der Waals surface area contributed by atoms with Gasteiger partial charge in [0.15, 0.2) is 0 Å². The number of anilines is 1. The van der Waals surface area contributed by atoms with Gasteiger partial charge in [-0.3, -0.25) is 9.90 Å². The summed E-state index contributed by atoms with van der Waals surface area (Å²) in [7, 11) is 0. The standard InChI is InChI=1S/C28H30N2O3.ClH.N3/c1-6-29-23-15-25-21(13-17(23)4)27(19-11-9-10-12-20(19)28(31)32-8-3)22-14-18(5)24(30-7-2)16-26(22)33-25;;1-3-2/h9-16,29H,6-8H2,1-5H3;1H;/q;;-1. The van der Waals surface area contributed by atoms with E-state index in [0.717, 1.165) is 62.1 Å². The van der Waals surface area contributed by atoms with Crippen LogP contribution in [0.1, 0.15) is 42.3 Å². The largest absolute Gasteiger partial charge is 0.462 e. The first kappa shape index (κ1) is 29.2. The zero-order valence-corrected chi connectivity index (χ0v) is 22.5. The van der Waals surface area contributed by atoms with Gasteiger partial charge in [0.1, 0.15) is 11.3 Å². The van der Waals surface area contributed by atoms with Gasteiger partial charge < -0.3 is 25.5 Å². The van der Waals surface area contributed by atoms with Gasteiger partial charge in [0.05, 0.1) is 17.5 Å². The second-order valence-corrected chi connectivity index (χ2v) is 8.14. The Morgan fingerprint density at radius 3 is 2.38 bits per heavy atom. The summed E-state index contributed by atoms with van der Waals surface area (Å²) in [6.45, 7) is 11.9. The summed E-state index contributed by atoms with van der Waals surface area (Å²) in [6.07, 6.45) is 0. The average Bonchev–Trinajstić information content (AvgIpc) is 2.85. The van der Waals surface area contributed by atoms with E-state index in [1.165, 1.54) is 4.91 Å². The molecule has 194 valence electrons. The molecule has 0 bridgehead atoms. The lowest BCUT2D eigenvalue weighted by atomic mass is 9.89. The van der Waals surface area contributed by atoms with Gasteiger partial charge in [-0.15, -0.1) is 12.4 Å². The summed E-state index contributed by atoms with van der Waals surface area (Å²) < 4.78 is 11.8. The van der Waals surface area contributed by atoms with Crippen molar-refractivity contribution in [3.8, 4) is 22.5 Å². The molecular weight excluding hydrogens is 490 g/mol. The smallest absolute Gasteiger partial charge is 0.338 e. The third-order valence-electron chi connectivity index (χ3n) is 5.77. The van der Waals surface area contributed by atoms with Crippen LogP contribution in [-0.4, -0.2) is 25.7 Å². The number of benzene rings is 3. The summed E-state index contributed by atoms with van der Waals surface area (Å²) in [4.78, 5) is 19.0. The lowest BCUT2D eigenvalue weighted by molar-refractivity contribution is 0.0527. The number of fused-ring (bicyclic) bond motifs is 2. The molecule has 1 aliphatic carbocycles. The third kappa shape index (κ3) is 6.23. The maximum Gasteiger partial charge on any atom is 0.338 e. The Hall–Kier alpha value is -4.00. The monoisotopic (exact) mass is 520 g/mol. The topological polar surface area (TPSA) is 123 Å². The summed E-state index contributed by atoms with van der Waals surface area (Å²) in [5.74, 6) is 0.408. The van der Waals surface area contributed by atoms with Crippen LogP contribution in [0, 0.1) is 13.8 Å². The zero-order chi connectivity index (χ0) is 26.2. The predicted molar refractivity (Wildman–Crippen MR) is 151 cm³/mol. The minimum absolute atomic E-state index is 0. The fraction of sp³-hybridized carbons (Fsp3) is 0.286. The van der Waals surface area contributed by atoms with Gasteiger partial charge >= 0.3 is 5.97 Å². The Balaban J connectivity index is 0.00000115. The van der Waals surface area contributed by atoms with Crippen molar-refractivity contribution < 1.29 is 13.9 Å². The maximum atomic E-state index is 12.9. The molecule has 8 nitrogen and oxygen atoms in total. The average molecular weight is 521 g/mol. The van der Waals surface area contributed by atoms with Crippen molar-refractivity contribution in [1.82, 2.24) is 0 Å². The molecule has 0 aromatic heterocycles. The summed E-state index contributed by atoms with van der Waals surface area (Å²) >= 11 is 0. The van der Waals surface area contributed by atoms with Crippen LogP contribution in [0.25, 0.3) is 49.4 Å². The van der Waals surface area contributed by atoms with Crippen LogP contribution < -0.4 is 10.7 Å². The lowest BCUT2D eigenvalue weighted by Gasteiger charge is -2.19. The number of halogens is 1. The zero-order valence-electron chi connectivity index (χ0n) is 21.7. The van der Waals surface area contributed by atoms with E-state index in [-0.39, 0.29) is 18.4 Å². The van der Waals surface area contributed by atoms with Crippen molar-refractivity contribution in [3.05, 3.63) is 86.6 Å². The molecule has 1 N–H and O–H groups in total. The van der Waals surface area contributed by atoms with Gasteiger partial charge in [0.2, 0.25) is 0 Å². The van der Waals surface area contributed by atoms with Crippen LogP contribution in [0.2, 0.25) is 0 Å². The predicted octanol–water partition coefficient (Wildman–Crippen LogP) is 7.64. The highest BCUT2D eigenvalue weighted by Gasteiger charge is 2.23. The Morgan fingerprint density at radius 2 is 1.73 bits per heavy atom. The van der Waals surface area contributed by atoms with E-state index in [2.05, 4.69) is 43.2 Å². The number of carbonyl (C=O) groups excluding carboxylic acids is 1. The molecule has 37 heavy (non-hydrogen) atoms. The molecule has 0 spiro atoms. The van der Waals surface area contributed by atoms with Crippen LogP contribution in [0.4, 0.5) is 5.69 Å². The third-order valence-corrected chi connectivity index (χ3v) is 5.77. The molecule has 0 atom stereocenters. The summed E-state index contributed by atoms with van der Waals surface area (Å²) in [5.41, 5.74) is 20.7. The van der Waals surface area contributed by atoms with Crippen molar-refractivity contribution in [2.75, 3.05) is 25.0 Å². The SMILES string of the molecule is CCN=c1cc2oc3cc(NCC)c(C)cc3c(-c3ccccc3C(=O)OCC)c-2cc1C.Cl.[N-]=[N+]=[N-]. The van der Waals surface area contributed by atoms with Crippen LogP contribution in [-0.2, 0) is 4.74 Å². The Morgan fingerprint density at radius 1 is 1.03 bits per heavy atom. The molecular formula is C28H31ClN5O3-. The number of carbonyl (C=O) groups is 1. The first-order chi connectivity index (χ1) is 17.4. The van der Waals surface area contributed by atoms with Gasteiger partial charge in [0, 0.05) is 47.4 Å². The van der Waals surface area contributed by atoms with Gasteiger partial charge in [-0.25, -0.2) is 4.79 Å². The van der Waals surface area contributed by atoms with Crippen molar-refractivity contribution >= 4 is 35.0 Å². The molecule has 2 aromatic carbocycles. The molecule has 4 rings (SSSR count). The fourth-order valence-corrected chi connectivity index (χ4v) is 4.29. The number of rotatable bonds is 6. The van der Waals surface area contributed by atoms with Gasteiger partial charge in [0.25, 0.3) is 0 Å². The van der Waals surface area contributed by atoms with E-state index >= 15 is 0 Å². The molecule has 0 unspecified atom stereocenters. The Kier molecular flexibility index (Phi) is 10.5. The number of hydrogen-bond acceptors (Lipinski definition) is 5. The van der Waals surface area contributed by atoms with E-state index in [0.29, 0.717) is 18.7 Å². The Bertz CT molecular complexity index is 1470. The van der Waals surface area contributed by atoms with Gasteiger partial charge in [-0.2, -0.15) is 0 Å². The number of nitrogens with one attached hydrogen (secondary N) is 1. The summed E-state index contributed by atoms with van der Waals surface area (Å²) in [5, 5.41) is 5.28. The first-order valence-electron chi connectivity index (χ1n) is 11.9. The fourth-order valence-electron chi connectivity index (χ4n) is 4.29. The van der Waals surface area contributed by atoms with Gasteiger partial charge in [-0.1, -0.05) is 18.2 Å². The number of nitrogens with zero attached hydrogens (tertiary/aromatic N) is 4. The molecule has 9 heteroatoms. The first-order valence-corrected chi connectivity index (χ1v) is 11.9. The van der Waals surface area contributed by atoms with E-state index in [1.54, 1.807) is 0 Å². The van der Waals surface area contributed by atoms with Crippen LogP contribution in [0.15, 0.2) is 57.9 Å². The molecule has 0 saturated carbocycles. The van der Waals surface area contributed by atoms with Crippen molar-refractivity contribution in [3.63, 3.8) is 0 Å². The molecule has 0 amide bonds. The highest BCUT2D eigenvalue weighted by atomic mass is 35.5.